The molecule has 0 spiro atoms. The van der Waals surface area contributed by atoms with Gasteiger partial charge in [0, 0.05) is 5.56 Å². The number of rotatable bonds is 4. The minimum Gasteiger partial charge on any atom is -0.478 e. The van der Waals surface area contributed by atoms with Gasteiger partial charge in [-0.25, -0.2) is 4.79 Å². The Labute approximate surface area is 127 Å². The number of hydrogen-bond acceptors (Lipinski definition) is 5. The van der Waals surface area contributed by atoms with Gasteiger partial charge in [-0.1, -0.05) is 12.1 Å². The van der Waals surface area contributed by atoms with Gasteiger partial charge in [-0.3, -0.25) is 5.43 Å². The van der Waals surface area contributed by atoms with Gasteiger partial charge in [0.2, 0.25) is 6.79 Å². The second kappa shape index (κ2) is 5.77. The van der Waals surface area contributed by atoms with E-state index in [1.165, 1.54) is 6.07 Å². The monoisotopic (exact) mass is 298 g/mol. The molecule has 0 saturated carbocycles. The molecule has 2 aromatic rings. The Balaban J connectivity index is 1.82. The molecular formula is C16H14N2O4. The maximum absolute atomic E-state index is 11.1. The second-order valence-corrected chi connectivity index (χ2v) is 4.73. The molecule has 6 heteroatoms. The molecule has 0 unspecified atom stereocenters. The number of carboxylic acid groups (broad SMARTS) is 1. The van der Waals surface area contributed by atoms with Crippen LogP contribution in [0.1, 0.15) is 22.8 Å². The highest BCUT2D eigenvalue weighted by Crippen LogP contribution is 2.32. The summed E-state index contributed by atoms with van der Waals surface area (Å²) in [4.78, 5) is 11.1. The first-order valence-electron chi connectivity index (χ1n) is 6.68. The van der Waals surface area contributed by atoms with Gasteiger partial charge < -0.3 is 14.6 Å². The van der Waals surface area contributed by atoms with E-state index in [1.807, 2.05) is 25.1 Å². The third kappa shape index (κ3) is 2.71. The molecule has 0 atom stereocenters. The van der Waals surface area contributed by atoms with Crippen molar-refractivity contribution in [2.75, 3.05) is 12.2 Å². The first-order valence-corrected chi connectivity index (χ1v) is 6.68. The average molecular weight is 298 g/mol. The van der Waals surface area contributed by atoms with Crippen LogP contribution in [0, 0.1) is 0 Å². The normalized spacial score (nSPS) is 13.0. The van der Waals surface area contributed by atoms with Gasteiger partial charge in [0.1, 0.15) is 0 Å². The van der Waals surface area contributed by atoms with Crippen LogP contribution in [-0.4, -0.2) is 23.6 Å². The smallest absolute Gasteiger partial charge is 0.337 e. The van der Waals surface area contributed by atoms with Gasteiger partial charge in [-0.15, -0.1) is 0 Å². The predicted octanol–water partition coefficient (Wildman–Crippen LogP) is 2.95. The number of nitrogens with zero attached hydrogens (tertiary/aromatic N) is 1. The van der Waals surface area contributed by atoms with E-state index in [9.17, 15) is 4.79 Å². The number of ether oxygens (including phenoxy) is 2. The van der Waals surface area contributed by atoms with Gasteiger partial charge in [0.25, 0.3) is 0 Å². The Morgan fingerprint density at radius 2 is 1.95 bits per heavy atom. The predicted molar refractivity (Wildman–Crippen MR) is 81.8 cm³/mol. The zero-order valence-electron chi connectivity index (χ0n) is 11.9. The van der Waals surface area contributed by atoms with Crippen molar-refractivity contribution in [3.05, 3.63) is 53.6 Å². The van der Waals surface area contributed by atoms with E-state index < -0.39 is 5.97 Å². The van der Waals surface area contributed by atoms with Crippen LogP contribution in [0.5, 0.6) is 11.5 Å². The fourth-order valence-electron chi connectivity index (χ4n) is 2.10. The van der Waals surface area contributed by atoms with Crippen LogP contribution in [0.3, 0.4) is 0 Å². The summed E-state index contributed by atoms with van der Waals surface area (Å²) in [6.07, 6.45) is 0. The topological polar surface area (TPSA) is 80.2 Å². The number of anilines is 1. The van der Waals surface area contributed by atoms with E-state index in [4.69, 9.17) is 14.6 Å². The Morgan fingerprint density at radius 3 is 2.77 bits per heavy atom. The van der Waals surface area contributed by atoms with Crippen LogP contribution in [-0.2, 0) is 0 Å². The molecule has 0 bridgehead atoms. The van der Waals surface area contributed by atoms with Crippen LogP contribution in [0.25, 0.3) is 0 Å². The fraction of sp³-hybridized carbons (Fsp3) is 0.125. The summed E-state index contributed by atoms with van der Waals surface area (Å²) >= 11 is 0. The van der Waals surface area contributed by atoms with Crippen LogP contribution < -0.4 is 14.9 Å². The minimum absolute atomic E-state index is 0.171. The number of para-hydroxylation sites is 1. The summed E-state index contributed by atoms with van der Waals surface area (Å²) in [5.41, 5.74) is 4.98. The van der Waals surface area contributed by atoms with Crippen LogP contribution >= 0.6 is 0 Å². The van der Waals surface area contributed by atoms with Crippen LogP contribution in [0.15, 0.2) is 47.6 Å². The van der Waals surface area contributed by atoms with Crippen molar-refractivity contribution in [3.8, 4) is 11.5 Å². The van der Waals surface area contributed by atoms with E-state index in [1.54, 1.807) is 18.2 Å². The lowest BCUT2D eigenvalue weighted by Crippen LogP contribution is -2.04. The zero-order valence-corrected chi connectivity index (χ0v) is 11.9. The fourth-order valence-corrected chi connectivity index (χ4v) is 2.10. The van der Waals surface area contributed by atoms with E-state index in [-0.39, 0.29) is 12.4 Å². The maximum Gasteiger partial charge on any atom is 0.337 e. The standard InChI is InChI=1S/C16H14N2O4/c1-10(11-6-7-14-15(8-11)22-9-21-14)17-18-13-5-3-2-4-12(13)16(19)20/h2-8,18H,9H2,1H3,(H,19,20)/b17-10+. The lowest BCUT2D eigenvalue weighted by atomic mass is 10.1. The van der Waals surface area contributed by atoms with Gasteiger partial charge >= 0.3 is 5.97 Å². The molecule has 1 heterocycles. The summed E-state index contributed by atoms with van der Waals surface area (Å²) in [7, 11) is 0. The molecule has 0 saturated heterocycles. The van der Waals surface area contributed by atoms with Gasteiger partial charge in [-0.05, 0) is 37.3 Å². The average Bonchev–Trinajstić information content (AvgIpc) is 3.00. The quantitative estimate of drug-likeness (QED) is 0.670. The molecule has 0 fully saturated rings. The molecule has 112 valence electrons. The van der Waals surface area contributed by atoms with E-state index in [2.05, 4.69) is 10.5 Å². The molecular weight excluding hydrogens is 284 g/mol. The van der Waals surface area contributed by atoms with Crippen molar-refractivity contribution < 1.29 is 19.4 Å². The van der Waals surface area contributed by atoms with Crippen molar-refractivity contribution in [3.63, 3.8) is 0 Å². The SMILES string of the molecule is C/C(=N\Nc1ccccc1C(=O)O)c1ccc2c(c1)OCO2. The molecule has 0 aliphatic carbocycles. The number of aromatic carboxylic acids is 1. The van der Waals surface area contributed by atoms with Crippen molar-refractivity contribution in [1.29, 1.82) is 0 Å². The van der Waals surface area contributed by atoms with Crippen molar-refractivity contribution in [1.82, 2.24) is 0 Å². The molecule has 0 aromatic heterocycles. The summed E-state index contributed by atoms with van der Waals surface area (Å²) in [5, 5.41) is 13.4. The first kappa shape index (κ1) is 13.9. The highest BCUT2D eigenvalue weighted by Gasteiger charge is 2.14. The summed E-state index contributed by atoms with van der Waals surface area (Å²) in [6.45, 7) is 2.05. The van der Waals surface area contributed by atoms with E-state index in [0.717, 1.165) is 5.56 Å². The molecule has 6 nitrogen and oxygen atoms in total. The van der Waals surface area contributed by atoms with Crippen molar-refractivity contribution >= 4 is 17.4 Å². The zero-order chi connectivity index (χ0) is 15.5. The number of fused-ring (bicyclic) bond motifs is 1. The molecule has 0 radical (unpaired) electrons. The number of benzene rings is 2. The molecule has 2 N–H and O–H groups in total. The first-order chi connectivity index (χ1) is 10.6. The molecule has 1 aliphatic heterocycles. The van der Waals surface area contributed by atoms with E-state index >= 15 is 0 Å². The lowest BCUT2D eigenvalue weighted by molar-refractivity contribution is 0.0698. The van der Waals surface area contributed by atoms with Crippen LogP contribution in [0.2, 0.25) is 0 Å². The van der Waals surface area contributed by atoms with Crippen molar-refractivity contribution in [2.45, 2.75) is 6.92 Å². The summed E-state index contributed by atoms with van der Waals surface area (Å²) in [6, 6.07) is 12.1. The maximum atomic E-state index is 11.1. The Kier molecular flexibility index (Phi) is 3.65. The third-order valence-corrected chi connectivity index (χ3v) is 3.29. The van der Waals surface area contributed by atoms with Gasteiger partial charge in [-0.2, -0.15) is 5.10 Å². The number of hydrazone groups is 1. The van der Waals surface area contributed by atoms with Crippen LogP contribution in [0.4, 0.5) is 5.69 Å². The molecule has 2 aromatic carbocycles. The highest BCUT2D eigenvalue weighted by molar-refractivity contribution is 6.00. The molecule has 22 heavy (non-hydrogen) atoms. The molecule has 0 amide bonds. The number of carboxylic acids is 1. The number of hydrogen-bond donors (Lipinski definition) is 2. The largest absolute Gasteiger partial charge is 0.478 e. The second-order valence-electron chi connectivity index (χ2n) is 4.73. The summed E-state index contributed by atoms with van der Waals surface area (Å²) < 4.78 is 10.6. The number of nitrogens with one attached hydrogen (secondary N) is 1. The van der Waals surface area contributed by atoms with E-state index in [0.29, 0.717) is 22.9 Å². The van der Waals surface area contributed by atoms with Gasteiger partial charge in [0.15, 0.2) is 11.5 Å². The Bertz CT molecular complexity index is 756. The minimum atomic E-state index is -1.00. The number of carbonyl (C=O) groups is 1. The summed E-state index contributed by atoms with van der Waals surface area (Å²) in [5.74, 6) is 0.387. The Hall–Kier alpha value is -3.02. The lowest BCUT2D eigenvalue weighted by Gasteiger charge is -2.07. The highest BCUT2D eigenvalue weighted by atomic mass is 16.7. The third-order valence-electron chi connectivity index (χ3n) is 3.29. The molecule has 3 rings (SSSR count). The van der Waals surface area contributed by atoms with Crippen molar-refractivity contribution in [2.24, 2.45) is 5.10 Å². The van der Waals surface area contributed by atoms with Gasteiger partial charge in [0.05, 0.1) is 17.0 Å². The molecule has 1 aliphatic rings. The Morgan fingerprint density at radius 1 is 1.18 bits per heavy atom.